The maximum Gasteiger partial charge on any atom is 0.269 e. The summed E-state index contributed by atoms with van der Waals surface area (Å²) in [7, 11) is 0. The van der Waals surface area contributed by atoms with Crippen LogP contribution in [0.3, 0.4) is 0 Å². The quantitative estimate of drug-likeness (QED) is 0.528. The molecule has 0 saturated heterocycles. The molecular weight excluding hydrogens is 340 g/mol. The normalized spacial score (nSPS) is 10.2. The number of carbonyl (C=O) groups is 2. The summed E-state index contributed by atoms with van der Waals surface area (Å²) < 4.78 is 1.54. The molecule has 0 radical (unpaired) electrons. The number of amides is 2. The third kappa shape index (κ3) is 4.42. The van der Waals surface area contributed by atoms with Gasteiger partial charge in [-0.1, -0.05) is 48.2 Å². The van der Waals surface area contributed by atoms with Crippen molar-refractivity contribution >= 4 is 23.6 Å². The fraction of sp³-hybridized carbons (Fsp3) is 0.0625. The molecule has 0 fully saturated rings. The molecule has 9 heteroatoms. The van der Waals surface area contributed by atoms with Crippen LogP contribution in [0.1, 0.15) is 10.4 Å². The highest BCUT2D eigenvalue weighted by Crippen LogP contribution is 2.17. The minimum Gasteiger partial charge on any atom is -0.272 e. The van der Waals surface area contributed by atoms with Gasteiger partial charge >= 0.3 is 0 Å². The van der Waals surface area contributed by atoms with Gasteiger partial charge in [-0.3, -0.25) is 20.4 Å². The molecular formula is C16H14N6O2S. The summed E-state index contributed by atoms with van der Waals surface area (Å²) in [4.78, 5) is 23.7. The Balaban J connectivity index is 1.52. The molecule has 2 N–H and O–H groups in total. The predicted molar refractivity (Wildman–Crippen MR) is 91.9 cm³/mol. The lowest BCUT2D eigenvalue weighted by molar-refractivity contribution is -0.119. The number of nitrogens with zero attached hydrogens (tertiary/aromatic N) is 4. The minimum atomic E-state index is -0.381. The molecule has 0 bridgehead atoms. The van der Waals surface area contributed by atoms with Crippen LogP contribution in [0.15, 0.2) is 65.8 Å². The topological polar surface area (TPSA) is 102 Å². The van der Waals surface area contributed by atoms with E-state index in [-0.39, 0.29) is 17.6 Å². The number of thioether (sulfide) groups is 1. The first kappa shape index (κ1) is 16.7. The zero-order chi connectivity index (χ0) is 17.5. The second kappa shape index (κ2) is 8.06. The van der Waals surface area contributed by atoms with E-state index in [0.717, 1.165) is 5.69 Å². The fourth-order valence-electron chi connectivity index (χ4n) is 1.95. The Morgan fingerprint density at radius 2 is 1.64 bits per heavy atom. The zero-order valence-corrected chi connectivity index (χ0v) is 13.8. The molecule has 0 unspecified atom stereocenters. The molecule has 0 aliphatic rings. The standard InChI is InChI=1S/C16H14N6O2S/c23-14(17-18-15(24)12-7-3-1-4-8-12)11-25-16-19-20-21-22(16)13-9-5-2-6-10-13/h1-10H,11H2,(H,17,23)(H,18,24). The third-order valence-corrected chi connectivity index (χ3v) is 4.04. The van der Waals surface area contributed by atoms with Gasteiger partial charge in [0, 0.05) is 5.56 Å². The lowest BCUT2D eigenvalue weighted by Crippen LogP contribution is -2.42. The summed E-state index contributed by atoms with van der Waals surface area (Å²) >= 11 is 1.17. The summed E-state index contributed by atoms with van der Waals surface area (Å²) in [6, 6.07) is 18.0. The highest BCUT2D eigenvalue weighted by Gasteiger charge is 2.12. The molecule has 2 amide bonds. The number of aromatic nitrogens is 4. The van der Waals surface area contributed by atoms with Gasteiger partial charge in [0.15, 0.2) is 0 Å². The van der Waals surface area contributed by atoms with Crippen molar-refractivity contribution in [1.29, 1.82) is 0 Å². The van der Waals surface area contributed by atoms with Gasteiger partial charge in [-0.05, 0) is 34.7 Å². The van der Waals surface area contributed by atoms with E-state index in [1.165, 1.54) is 11.8 Å². The van der Waals surface area contributed by atoms with Crippen molar-refractivity contribution in [2.24, 2.45) is 0 Å². The summed E-state index contributed by atoms with van der Waals surface area (Å²) in [5, 5.41) is 11.9. The fourth-order valence-corrected chi connectivity index (χ4v) is 2.65. The van der Waals surface area contributed by atoms with E-state index < -0.39 is 0 Å². The number of hydrogen-bond acceptors (Lipinski definition) is 6. The van der Waals surface area contributed by atoms with Crippen LogP contribution in [0.4, 0.5) is 0 Å². The minimum absolute atomic E-state index is 0.0578. The van der Waals surface area contributed by atoms with Crippen molar-refractivity contribution in [2.45, 2.75) is 5.16 Å². The summed E-state index contributed by atoms with van der Waals surface area (Å²) in [5.41, 5.74) is 5.99. The van der Waals surface area contributed by atoms with Crippen molar-refractivity contribution in [3.63, 3.8) is 0 Å². The van der Waals surface area contributed by atoms with Crippen LogP contribution in [0.2, 0.25) is 0 Å². The number of benzene rings is 2. The number of para-hydroxylation sites is 1. The highest BCUT2D eigenvalue weighted by atomic mass is 32.2. The molecule has 3 rings (SSSR count). The van der Waals surface area contributed by atoms with Crippen LogP contribution < -0.4 is 10.9 Å². The predicted octanol–water partition coefficient (Wildman–Crippen LogP) is 1.22. The van der Waals surface area contributed by atoms with Gasteiger partial charge in [-0.15, -0.1) is 5.10 Å². The van der Waals surface area contributed by atoms with Crippen molar-refractivity contribution < 1.29 is 9.59 Å². The highest BCUT2D eigenvalue weighted by molar-refractivity contribution is 7.99. The molecule has 8 nitrogen and oxygen atoms in total. The third-order valence-electron chi connectivity index (χ3n) is 3.13. The molecule has 3 aromatic rings. The number of tetrazole rings is 1. The van der Waals surface area contributed by atoms with E-state index in [1.54, 1.807) is 28.9 Å². The lowest BCUT2D eigenvalue weighted by atomic mass is 10.2. The Morgan fingerprint density at radius 1 is 0.960 bits per heavy atom. The smallest absolute Gasteiger partial charge is 0.269 e. The molecule has 0 aliphatic heterocycles. The molecule has 1 aromatic heterocycles. The molecule has 1 heterocycles. The number of hydrogen-bond donors (Lipinski definition) is 2. The largest absolute Gasteiger partial charge is 0.272 e. The van der Waals surface area contributed by atoms with E-state index >= 15 is 0 Å². The number of carbonyl (C=O) groups excluding carboxylic acids is 2. The van der Waals surface area contributed by atoms with Gasteiger partial charge in [-0.25, -0.2) is 0 Å². The van der Waals surface area contributed by atoms with Gasteiger partial charge in [-0.2, -0.15) is 4.68 Å². The van der Waals surface area contributed by atoms with Gasteiger partial charge < -0.3 is 0 Å². The first-order valence-electron chi connectivity index (χ1n) is 7.35. The maximum atomic E-state index is 11.9. The van der Waals surface area contributed by atoms with Crippen molar-refractivity contribution in [2.75, 3.05) is 5.75 Å². The Kier molecular flexibility index (Phi) is 5.37. The Morgan fingerprint density at radius 3 is 2.36 bits per heavy atom. The van der Waals surface area contributed by atoms with Crippen molar-refractivity contribution in [1.82, 2.24) is 31.1 Å². The summed E-state index contributed by atoms with van der Waals surface area (Å²) in [6.45, 7) is 0. The van der Waals surface area contributed by atoms with Gasteiger partial charge in [0.2, 0.25) is 11.1 Å². The van der Waals surface area contributed by atoms with E-state index in [1.807, 2.05) is 36.4 Å². The van der Waals surface area contributed by atoms with Crippen molar-refractivity contribution in [3.05, 3.63) is 66.2 Å². The first-order valence-corrected chi connectivity index (χ1v) is 8.33. The van der Waals surface area contributed by atoms with E-state index in [9.17, 15) is 9.59 Å². The lowest BCUT2D eigenvalue weighted by Gasteiger charge is -2.07. The first-order chi connectivity index (χ1) is 12.2. The van der Waals surface area contributed by atoms with Crippen LogP contribution >= 0.6 is 11.8 Å². The Labute approximate surface area is 147 Å². The molecule has 0 saturated carbocycles. The molecule has 0 aliphatic carbocycles. The Hall–Kier alpha value is -3.20. The van der Waals surface area contributed by atoms with Crippen LogP contribution in [-0.2, 0) is 4.79 Å². The Bertz CT molecular complexity index is 853. The zero-order valence-electron chi connectivity index (χ0n) is 13.0. The van der Waals surface area contributed by atoms with E-state index in [4.69, 9.17) is 0 Å². The summed E-state index contributed by atoms with van der Waals surface area (Å²) in [5.74, 6) is -0.688. The van der Waals surface area contributed by atoms with Crippen LogP contribution in [0.5, 0.6) is 0 Å². The molecule has 0 spiro atoms. The second-order valence-corrected chi connectivity index (χ2v) is 5.81. The van der Waals surface area contributed by atoms with Crippen LogP contribution in [0, 0.1) is 0 Å². The van der Waals surface area contributed by atoms with Crippen LogP contribution in [0.25, 0.3) is 5.69 Å². The van der Waals surface area contributed by atoms with Gasteiger partial charge in [0.1, 0.15) is 0 Å². The van der Waals surface area contributed by atoms with Crippen LogP contribution in [-0.4, -0.2) is 37.8 Å². The molecule has 25 heavy (non-hydrogen) atoms. The van der Waals surface area contributed by atoms with E-state index in [0.29, 0.717) is 10.7 Å². The average Bonchev–Trinajstić information content (AvgIpc) is 3.14. The summed E-state index contributed by atoms with van der Waals surface area (Å²) in [6.07, 6.45) is 0. The second-order valence-electron chi connectivity index (χ2n) is 4.87. The maximum absolute atomic E-state index is 11.9. The van der Waals surface area contributed by atoms with Gasteiger partial charge in [0.25, 0.3) is 5.91 Å². The molecule has 126 valence electrons. The monoisotopic (exact) mass is 354 g/mol. The number of nitrogens with one attached hydrogen (secondary N) is 2. The molecule has 2 aromatic carbocycles. The number of hydrazine groups is 1. The van der Waals surface area contributed by atoms with Gasteiger partial charge in [0.05, 0.1) is 11.4 Å². The van der Waals surface area contributed by atoms with E-state index in [2.05, 4.69) is 26.4 Å². The number of rotatable bonds is 5. The SMILES string of the molecule is O=C(CSc1nnnn1-c1ccccc1)NNC(=O)c1ccccc1. The average molecular weight is 354 g/mol. The van der Waals surface area contributed by atoms with Crippen molar-refractivity contribution in [3.8, 4) is 5.69 Å². The molecule has 0 atom stereocenters.